The number of esters is 1. The number of aryl methyl sites for hydroxylation is 1. The largest absolute Gasteiger partial charge is 0.456 e. The number of carbonyl (C=O) groups is 1. The number of rotatable bonds is 6. The fraction of sp³-hybridized carbons (Fsp3) is 0.458. The van der Waals surface area contributed by atoms with Gasteiger partial charge in [-0.2, -0.15) is 4.31 Å². The van der Waals surface area contributed by atoms with E-state index >= 15 is 0 Å². The second-order valence-corrected chi connectivity index (χ2v) is 10.2. The predicted molar refractivity (Wildman–Crippen MR) is 117 cm³/mol. The smallest absolute Gasteiger partial charge is 0.325 e. The van der Waals surface area contributed by atoms with E-state index in [0.717, 1.165) is 24.0 Å². The molecule has 0 N–H and O–H groups in total. The molecular weight excluding hydrogens is 414 g/mol. The molecule has 166 valence electrons. The zero-order valence-corrected chi connectivity index (χ0v) is 18.6. The summed E-state index contributed by atoms with van der Waals surface area (Å²) in [6.07, 6.45) is 2.32. The van der Waals surface area contributed by atoms with Gasteiger partial charge < -0.3 is 9.47 Å². The highest BCUT2D eigenvalue weighted by molar-refractivity contribution is 7.89. The second-order valence-electron chi connectivity index (χ2n) is 8.30. The van der Waals surface area contributed by atoms with Crippen LogP contribution in [0.25, 0.3) is 0 Å². The Bertz CT molecular complexity index is 984. The normalized spacial score (nSPS) is 21.6. The molecule has 2 aliphatic heterocycles. The van der Waals surface area contributed by atoms with Crippen molar-refractivity contribution in [1.82, 2.24) is 4.31 Å². The molecule has 7 heteroatoms. The number of benzene rings is 2. The molecule has 2 fully saturated rings. The lowest BCUT2D eigenvalue weighted by Gasteiger charge is -2.32. The Morgan fingerprint density at radius 1 is 1.03 bits per heavy atom. The van der Waals surface area contributed by atoms with E-state index in [1.165, 1.54) is 4.31 Å². The van der Waals surface area contributed by atoms with Gasteiger partial charge in [-0.3, -0.25) is 4.79 Å². The van der Waals surface area contributed by atoms with Crippen molar-refractivity contribution in [3.8, 4) is 0 Å². The van der Waals surface area contributed by atoms with Gasteiger partial charge in [0.1, 0.15) is 12.1 Å². The van der Waals surface area contributed by atoms with Crippen molar-refractivity contribution in [3.63, 3.8) is 0 Å². The lowest BCUT2D eigenvalue weighted by Crippen LogP contribution is -2.42. The van der Waals surface area contributed by atoms with Gasteiger partial charge in [-0.05, 0) is 50.3 Å². The summed E-state index contributed by atoms with van der Waals surface area (Å²) in [7, 11) is -3.76. The first-order valence-corrected chi connectivity index (χ1v) is 12.3. The van der Waals surface area contributed by atoms with Crippen LogP contribution in [0.4, 0.5) is 0 Å². The fourth-order valence-electron chi connectivity index (χ4n) is 4.41. The molecule has 2 heterocycles. The SMILES string of the molecule is Cc1ccc(S(=O)(=O)N2CCC[C@H]2C(=O)O[C@H](c2ccccc2)C2CCOCC2)cc1. The second kappa shape index (κ2) is 9.51. The number of sulfonamides is 1. The minimum absolute atomic E-state index is 0.156. The topological polar surface area (TPSA) is 72.9 Å². The molecule has 0 spiro atoms. The summed E-state index contributed by atoms with van der Waals surface area (Å²) < 4.78 is 39.3. The average Bonchev–Trinajstić information content (AvgIpc) is 3.30. The van der Waals surface area contributed by atoms with Crippen LogP contribution in [-0.2, 0) is 24.3 Å². The molecule has 4 rings (SSSR count). The van der Waals surface area contributed by atoms with Crippen LogP contribution in [-0.4, -0.2) is 44.5 Å². The number of hydrogen-bond donors (Lipinski definition) is 0. The first-order chi connectivity index (χ1) is 15.0. The van der Waals surface area contributed by atoms with Gasteiger partial charge in [0.25, 0.3) is 0 Å². The average molecular weight is 444 g/mol. The van der Waals surface area contributed by atoms with Crippen LogP contribution in [0.1, 0.15) is 42.9 Å². The third-order valence-corrected chi connectivity index (χ3v) is 8.09. The van der Waals surface area contributed by atoms with Crippen LogP contribution in [0.5, 0.6) is 0 Å². The summed E-state index contributed by atoms with van der Waals surface area (Å²) in [5, 5.41) is 0. The highest BCUT2D eigenvalue weighted by Crippen LogP contribution is 2.35. The maximum atomic E-state index is 13.3. The Labute approximate surface area is 184 Å². The molecule has 2 aromatic rings. The van der Waals surface area contributed by atoms with Crippen LogP contribution < -0.4 is 0 Å². The van der Waals surface area contributed by atoms with E-state index in [0.29, 0.717) is 32.6 Å². The van der Waals surface area contributed by atoms with E-state index in [-0.39, 0.29) is 10.8 Å². The van der Waals surface area contributed by atoms with Crippen LogP contribution >= 0.6 is 0 Å². The molecule has 0 aliphatic carbocycles. The van der Waals surface area contributed by atoms with Crippen molar-refractivity contribution in [1.29, 1.82) is 0 Å². The molecule has 2 aromatic carbocycles. The van der Waals surface area contributed by atoms with Crippen molar-refractivity contribution in [2.75, 3.05) is 19.8 Å². The zero-order valence-electron chi connectivity index (χ0n) is 17.8. The molecule has 0 saturated carbocycles. The number of carbonyl (C=O) groups excluding carboxylic acids is 1. The Morgan fingerprint density at radius 3 is 2.39 bits per heavy atom. The van der Waals surface area contributed by atoms with Crippen LogP contribution in [0.3, 0.4) is 0 Å². The number of nitrogens with zero attached hydrogens (tertiary/aromatic N) is 1. The summed E-state index contributed by atoms with van der Waals surface area (Å²) >= 11 is 0. The lowest BCUT2D eigenvalue weighted by molar-refractivity contribution is -0.158. The Balaban J connectivity index is 1.55. The van der Waals surface area contributed by atoms with Gasteiger partial charge in [0, 0.05) is 25.7 Å². The lowest BCUT2D eigenvalue weighted by atomic mass is 9.89. The molecule has 31 heavy (non-hydrogen) atoms. The summed E-state index contributed by atoms with van der Waals surface area (Å²) in [6.45, 7) is 3.52. The van der Waals surface area contributed by atoms with E-state index in [9.17, 15) is 13.2 Å². The van der Waals surface area contributed by atoms with Crippen molar-refractivity contribution >= 4 is 16.0 Å². The molecule has 0 amide bonds. The van der Waals surface area contributed by atoms with Crippen LogP contribution in [0.2, 0.25) is 0 Å². The molecule has 0 radical (unpaired) electrons. The summed E-state index contributed by atoms with van der Waals surface area (Å²) in [4.78, 5) is 13.5. The summed E-state index contributed by atoms with van der Waals surface area (Å²) in [6, 6.07) is 15.7. The Kier molecular flexibility index (Phi) is 6.74. The molecule has 0 aromatic heterocycles. The van der Waals surface area contributed by atoms with Gasteiger partial charge >= 0.3 is 5.97 Å². The predicted octanol–water partition coefficient (Wildman–Crippen LogP) is 3.86. The van der Waals surface area contributed by atoms with Crippen molar-refractivity contribution in [2.45, 2.75) is 49.6 Å². The third kappa shape index (κ3) is 4.84. The van der Waals surface area contributed by atoms with Crippen molar-refractivity contribution in [3.05, 3.63) is 65.7 Å². The van der Waals surface area contributed by atoms with E-state index in [4.69, 9.17) is 9.47 Å². The van der Waals surface area contributed by atoms with Gasteiger partial charge in [0.05, 0.1) is 4.90 Å². The van der Waals surface area contributed by atoms with Crippen molar-refractivity contribution in [2.24, 2.45) is 5.92 Å². The summed E-state index contributed by atoms with van der Waals surface area (Å²) in [5.74, 6) is -0.308. The molecule has 0 unspecified atom stereocenters. The van der Waals surface area contributed by atoms with Gasteiger partial charge in [0.15, 0.2) is 0 Å². The maximum Gasteiger partial charge on any atom is 0.325 e. The van der Waals surface area contributed by atoms with E-state index in [2.05, 4.69) is 0 Å². The first kappa shape index (κ1) is 22.0. The molecule has 0 bridgehead atoms. The Morgan fingerprint density at radius 2 is 1.71 bits per heavy atom. The van der Waals surface area contributed by atoms with E-state index in [1.54, 1.807) is 24.3 Å². The fourth-order valence-corrected chi connectivity index (χ4v) is 6.06. The van der Waals surface area contributed by atoms with E-state index < -0.39 is 28.1 Å². The third-order valence-electron chi connectivity index (χ3n) is 6.17. The quantitative estimate of drug-likeness (QED) is 0.634. The molecule has 2 atom stereocenters. The monoisotopic (exact) mass is 443 g/mol. The number of ether oxygens (including phenoxy) is 2. The first-order valence-electron chi connectivity index (χ1n) is 10.9. The zero-order chi connectivity index (χ0) is 21.8. The van der Waals surface area contributed by atoms with Gasteiger partial charge in [-0.1, -0.05) is 48.0 Å². The molecule has 6 nitrogen and oxygen atoms in total. The maximum absolute atomic E-state index is 13.3. The highest BCUT2D eigenvalue weighted by Gasteiger charge is 2.42. The molecule has 2 saturated heterocycles. The van der Waals surface area contributed by atoms with Gasteiger partial charge in [0.2, 0.25) is 10.0 Å². The highest BCUT2D eigenvalue weighted by atomic mass is 32.2. The van der Waals surface area contributed by atoms with Crippen LogP contribution in [0, 0.1) is 12.8 Å². The summed E-state index contributed by atoms with van der Waals surface area (Å²) in [5.41, 5.74) is 1.92. The molecule has 2 aliphatic rings. The van der Waals surface area contributed by atoms with Gasteiger partial charge in [-0.15, -0.1) is 0 Å². The Hall–Kier alpha value is -2.22. The minimum atomic E-state index is -3.76. The standard InChI is InChI=1S/C24H29NO5S/c1-18-9-11-21(12-10-18)31(27,28)25-15-5-8-22(25)24(26)30-23(19-6-3-2-4-7-19)20-13-16-29-17-14-20/h2-4,6-7,9-12,20,22-23H,5,8,13-17H2,1H3/t22-,23+/m0/s1. The van der Waals surface area contributed by atoms with E-state index in [1.807, 2.05) is 37.3 Å². The van der Waals surface area contributed by atoms with Crippen LogP contribution in [0.15, 0.2) is 59.5 Å². The molecular formula is C24H29NO5S. The van der Waals surface area contributed by atoms with Crippen molar-refractivity contribution < 1.29 is 22.7 Å². The number of hydrogen-bond acceptors (Lipinski definition) is 5. The minimum Gasteiger partial charge on any atom is -0.456 e. The van der Waals surface area contributed by atoms with Gasteiger partial charge in [-0.25, -0.2) is 8.42 Å².